The molecule has 3 heteroatoms. The monoisotopic (exact) mass is 227 g/mol. The highest BCUT2D eigenvalue weighted by Gasteiger charge is 2.16. The van der Waals surface area contributed by atoms with Gasteiger partial charge in [-0.05, 0) is 18.1 Å². The lowest BCUT2D eigenvalue weighted by Gasteiger charge is -2.03. The molecule has 0 saturated heterocycles. The second-order valence-corrected chi connectivity index (χ2v) is 4.93. The number of rotatable bonds is 2. The molecule has 0 radical (unpaired) electrons. The SMILES string of the molecule is CC(C)C[n+]1cc2cccc3ccn(c1=O)c32. The molecule has 0 N–H and O–H groups in total. The lowest BCUT2D eigenvalue weighted by atomic mass is 10.2. The molecule has 3 nitrogen and oxygen atoms in total. The van der Waals surface area contributed by atoms with Gasteiger partial charge in [-0.2, -0.15) is 13.8 Å². The lowest BCUT2D eigenvalue weighted by molar-refractivity contribution is -0.718. The van der Waals surface area contributed by atoms with Gasteiger partial charge in [-0.3, -0.25) is 0 Å². The molecule has 0 aliphatic carbocycles. The Balaban J connectivity index is 2.39. The molecule has 2 heterocycles. The van der Waals surface area contributed by atoms with Crippen LogP contribution in [0.25, 0.3) is 16.3 Å². The summed E-state index contributed by atoms with van der Waals surface area (Å²) in [6, 6.07) is 8.11. The van der Waals surface area contributed by atoms with Gasteiger partial charge >= 0.3 is 5.69 Å². The van der Waals surface area contributed by atoms with E-state index in [2.05, 4.69) is 19.9 Å². The minimum atomic E-state index is 0.0485. The summed E-state index contributed by atoms with van der Waals surface area (Å²) in [6.45, 7) is 4.99. The third-order valence-electron chi connectivity index (χ3n) is 3.05. The van der Waals surface area contributed by atoms with Crippen molar-refractivity contribution in [3.63, 3.8) is 0 Å². The number of benzene rings is 1. The van der Waals surface area contributed by atoms with Crippen molar-refractivity contribution in [2.75, 3.05) is 0 Å². The van der Waals surface area contributed by atoms with Gasteiger partial charge in [0.15, 0.2) is 5.52 Å². The van der Waals surface area contributed by atoms with E-state index in [0.717, 1.165) is 22.8 Å². The number of aromatic nitrogens is 2. The summed E-state index contributed by atoms with van der Waals surface area (Å²) in [7, 11) is 0. The molecule has 3 rings (SSSR count). The van der Waals surface area contributed by atoms with E-state index >= 15 is 0 Å². The number of hydrogen-bond acceptors (Lipinski definition) is 1. The van der Waals surface area contributed by atoms with Crippen LogP contribution in [0.5, 0.6) is 0 Å². The first-order valence-electron chi connectivity index (χ1n) is 5.93. The zero-order valence-corrected chi connectivity index (χ0v) is 10.1. The molecule has 1 aromatic carbocycles. The molecule has 86 valence electrons. The first-order valence-corrected chi connectivity index (χ1v) is 5.93. The predicted molar refractivity (Wildman–Crippen MR) is 67.4 cm³/mol. The first kappa shape index (κ1) is 10.3. The summed E-state index contributed by atoms with van der Waals surface area (Å²) in [6.07, 6.45) is 3.82. The minimum Gasteiger partial charge on any atom is -0.197 e. The van der Waals surface area contributed by atoms with Crippen molar-refractivity contribution < 1.29 is 4.57 Å². The molecule has 0 spiro atoms. The Morgan fingerprint density at radius 3 is 2.76 bits per heavy atom. The third-order valence-corrected chi connectivity index (χ3v) is 3.05. The van der Waals surface area contributed by atoms with E-state index < -0.39 is 0 Å². The zero-order chi connectivity index (χ0) is 12.0. The highest BCUT2D eigenvalue weighted by atomic mass is 16.1. The van der Waals surface area contributed by atoms with Gasteiger partial charge in [0.05, 0.1) is 11.9 Å². The van der Waals surface area contributed by atoms with Crippen molar-refractivity contribution in [2.45, 2.75) is 20.4 Å². The smallest absolute Gasteiger partial charge is 0.197 e. The Bertz CT molecular complexity index is 727. The van der Waals surface area contributed by atoms with E-state index in [0.29, 0.717) is 5.92 Å². The van der Waals surface area contributed by atoms with Crippen molar-refractivity contribution in [1.29, 1.82) is 0 Å². The minimum absolute atomic E-state index is 0.0485. The summed E-state index contributed by atoms with van der Waals surface area (Å²) in [5, 5.41) is 2.24. The Morgan fingerprint density at radius 2 is 2.00 bits per heavy atom. The molecular formula is C14H15N2O+. The van der Waals surface area contributed by atoms with E-state index in [1.54, 1.807) is 8.97 Å². The summed E-state index contributed by atoms with van der Waals surface area (Å²) >= 11 is 0. The van der Waals surface area contributed by atoms with Crippen LogP contribution in [0.3, 0.4) is 0 Å². The fraction of sp³-hybridized carbons (Fsp3) is 0.286. The molecule has 0 bridgehead atoms. The average Bonchev–Trinajstić information content (AvgIpc) is 2.70. The molecular weight excluding hydrogens is 212 g/mol. The Kier molecular flexibility index (Phi) is 2.15. The Labute approximate surface area is 99.3 Å². The maximum absolute atomic E-state index is 12.3. The van der Waals surface area contributed by atoms with Crippen LogP contribution in [0.15, 0.2) is 41.5 Å². The fourth-order valence-corrected chi connectivity index (χ4v) is 2.37. The zero-order valence-electron chi connectivity index (χ0n) is 10.1. The third kappa shape index (κ3) is 1.50. The standard InChI is InChI=1S/C14H15N2O/c1-10(2)8-15-9-12-5-3-4-11-6-7-16(13(11)12)14(15)17/h3-7,9-10H,8H2,1-2H3/q+1. The Hall–Kier alpha value is -1.90. The number of nitrogens with zero attached hydrogens (tertiary/aromatic N) is 2. The van der Waals surface area contributed by atoms with Crippen LogP contribution in [0.2, 0.25) is 0 Å². The van der Waals surface area contributed by atoms with Crippen molar-refractivity contribution in [2.24, 2.45) is 5.92 Å². The Morgan fingerprint density at radius 1 is 1.24 bits per heavy atom. The van der Waals surface area contributed by atoms with Gasteiger partial charge < -0.3 is 0 Å². The summed E-state index contributed by atoms with van der Waals surface area (Å²) < 4.78 is 3.54. The predicted octanol–water partition coefficient (Wildman–Crippen LogP) is 1.83. The number of para-hydroxylation sites is 1. The first-order chi connectivity index (χ1) is 8.16. The molecule has 0 unspecified atom stereocenters. The van der Waals surface area contributed by atoms with Gasteiger partial charge in [-0.25, -0.2) is 0 Å². The van der Waals surface area contributed by atoms with Crippen molar-refractivity contribution >= 4 is 16.3 Å². The molecule has 0 atom stereocenters. The molecule has 3 aromatic rings. The van der Waals surface area contributed by atoms with Crippen LogP contribution >= 0.6 is 0 Å². The molecule has 2 aromatic heterocycles. The molecule has 17 heavy (non-hydrogen) atoms. The maximum atomic E-state index is 12.3. The van der Waals surface area contributed by atoms with Crippen LogP contribution in [0, 0.1) is 5.92 Å². The second-order valence-electron chi connectivity index (χ2n) is 4.93. The van der Waals surface area contributed by atoms with Gasteiger partial charge in [-0.1, -0.05) is 26.0 Å². The van der Waals surface area contributed by atoms with Crippen molar-refractivity contribution in [1.82, 2.24) is 4.40 Å². The van der Waals surface area contributed by atoms with E-state index in [9.17, 15) is 4.79 Å². The highest BCUT2D eigenvalue weighted by Crippen LogP contribution is 2.18. The van der Waals surface area contributed by atoms with Crippen molar-refractivity contribution in [3.8, 4) is 0 Å². The van der Waals surface area contributed by atoms with Crippen LogP contribution in [0.4, 0.5) is 0 Å². The fourth-order valence-electron chi connectivity index (χ4n) is 2.37. The van der Waals surface area contributed by atoms with E-state index in [1.807, 2.05) is 30.6 Å². The quantitative estimate of drug-likeness (QED) is 0.613. The van der Waals surface area contributed by atoms with Gasteiger partial charge in [-0.15, -0.1) is 0 Å². The summed E-state index contributed by atoms with van der Waals surface area (Å²) in [4.78, 5) is 12.3. The normalized spacial score (nSPS) is 11.9. The van der Waals surface area contributed by atoms with Crippen LogP contribution in [-0.2, 0) is 6.54 Å². The molecule has 0 aliphatic rings. The highest BCUT2D eigenvalue weighted by molar-refractivity contribution is 5.95. The largest absolute Gasteiger partial charge is 0.503 e. The van der Waals surface area contributed by atoms with Crippen molar-refractivity contribution in [3.05, 3.63) is 47.1 Å². The van der Waals surface area contributed by atoms with Crippen LogP contribution in [-0.4, -0.2) is 4.40 Å². The van der Waals surface area contributed by atoms with Gasteiger partial charge in [0.1, 0.15) is 12.4 Å². The molecule has 0 fully saturated rings. The molecule has 0 amide bonds. The van der Waals surface area contributed by atoms with Gasteiger partial charge in [0.2, 0.25) is 0 Å². The van der Waals surface area contributed by atoms with E-state index in [4.69, 9.17) is 0 Å². The van der Waals surface area contributed by atoms with Crippen LogP contribution < -0.4 is 10.3 Å². The van der Waals surface area contributed by atoms with Gasteiger partial charge in [0, 0.05) is 5.39 Å². The number of hydrogen-bond donors (Lipinski definition) is 0. The summed E-state index contributed by atoms with van der Waals surface area (Å²) in [5.41, 5.74) is 1.07. The van der Waals surface area contributed by atoms with Gasteiger partial charge in [0.25, 0.3) is 0 Å². The summed E-state index contributed by atoms with van der Waals surface area (Å²) in [5.74, 6) is 0.464. The maximum Gasteiger partial charge on any atom is 0.503 e. The second kappa shape index (κ2) is 3.55. The van der Waals surface area contributed by atoms with E-state index in [-0.39, 0.29) is 5.69 Å². The average molecular weight is 227 g/mol. The van der Waals surface area contributed by atoms with Crippen LogP contribution in [0.1, 0.15) is 13.8 Å². The molecule has 0 saturated carbocycles. The molecule has 0 aliphatic heterocycles. The topological polar surface area (TPSA) is 25.4 Å². The lowest BCUT2D eigenvalue weighted by Crippen LogP contribution is -2.53. The van der Waals surface area contributed by atoms with E-state index in [1.165, 1.54) is 0 Å².